The fourth-order valence-corrected chi connectivity index (χ4v) is 4.43. The molecule has 0 saturated carbocycles. The Labute approximate surface area is 168 Å². The van der Waals surface area contributed by atoms with E-state index in [0.717, 1.165) is 21.7 Å². The molecule has 0 bridgehead atoms. The number of aryl methyl sites for hydroxylation is 1. The van der Waals surface area contributed by atoms with Crippen LogP contribution in [0.1, 0.15) is 22.1 Å². The highest BCUT2D eigenvalue weighted by atomic mass is 35.5. The lowest BCUT2D eigenvalue weighted by Gasteiger charge is -2.23. The zero-order valence-corrected chi connectivity index (χ0v) is 16.4. The minimum absolute atomic E-state index is 0.0210. The fraction of sp³-hybridized carbons (Fsp3) is 0.0870. The van der Waals surface area contributed by atoms with Crippen LogP contribution >= 0.6 is 23.4 Å². The Bertz CT molecular complexity index is 981. The molecule has 4 rings (SSSR count). The summed E-state index contributed by atoms with van der Waals surface area (Å²) in [6.07, 6.45) is 1.94. The van der Waals surface area contributed by atoms with Crippen molar-refractivity contribution >= 4 is 41.0 Å². The van der Waals surface area contributed by atoms with Gasteiger partial charge in [0.05, 0.1) is 4.91 Å². The molecule has 134 valence electrons. The van der Waals surface area contributed by atoms with E-state index in [1.807, 2.05) is 84.6 Å². The van der Waals surface area contributed by atoms with Gasteiger partial charge in [-0.15, -0.1) is 0 Å². The summed E-state index contributed by atoms with van der Waals surface area (Å²) in [5.74, 6) is 0.0210. The SMILES string of the molecule is Cc1ccc(N2C(=O)/C(=C/c3ccc(Cl)cc3)S[C@@H]2c2ccccc2)cc1. The van der Waals surface area contributed by atoms with E-state index >= 15 is 0 Å². The molecule has 1 saturated heterocycles. The predicted octanol–water partition coefficient (Wildman–Crippen LogP) is 6.47. The van der Waals surface area contributed by atoms with Gasteiger partial charge in [-0.3, -0.25) is 9.69 Å². The van der Waals surface area contributed by atoms with Crippen LogP contribution in [-0.2, 0) is 4.79 Å². The first kappa shape index (κ1) is 17.9. The van der Waals surface area contributed by atoms with E-state index in [2.05, 4.69) is 12.1 Å². The smallest absolute Gasteiger partial charge is 0.266 e. The number of halogens is 1. The molecule has 3 aromatic rings. The Morgan fingerprint density at radius 1 is 0.926 bits per heavy atom. The summed E-state index contributed by atoms with van der Waals surface area (Å²) in [7, 11) is 0. The summed E-state index contributed by atoms with van der Waals surface area (Å²) < 4.78 is 0. The molecule has 1 amide bonds. The van der Waals surface area contributed by atoms with Gasteiger partial charge in [-0.1, -0.05) is 83.5 Å². The standard InChI is InChI=1S/C23H18ClNOS/c1-16-7-13-20(14-8-16)25-22(26)21(15-17-9-11-19(24)12-10-17)27-23(25)18-5-3-2-4-6-18/h2-15,23H,1H3/b21-15-/t23-/m1/s1. The molecule has 0 unspecified atom stereocenters. The molecule has 1 atom stereocenters. The first-order chi connectivity index (χ1) is 13.1. The van der Waals surface area contributed by atoms with E-state index in [1.54, 1.807) is 11.8 Å². The Hall–Kier alpha value is -2.49. The van der Waals surface area contributed by atoms with Crippen molar-refractivity contribution in [2.24, 2.45) is 0 Å². The largest absolute Gasteiger partial charge is 0.291 e. The molecule has 4 heteroatoms. The molecule has 0 N–H and O–H groups in total. The molecule has 0 aliphatic carbocycles. The highest BCUT2D eigenvalue weighted by molar-refractivity contribution is 8.05. The molecular formula is C23H18ClNOS. The molecular weight excluding hydrogens is 374 g/mol. The Morgan fingerprint density at radius 3 is 2.26 bits per heavy atom. The maximum atomic E-state index is 13.3. The Balaban J connectivity index is 1.75. The van der Waals surface area contributed by atoms with Gasteiger partial charge in [0.2, 0.25) is 0 Å². The van der Waals surface area contributed by atoms with Gasteiger partial charge in [-0.2, -0.15) is 0 Å². The number of benzene rings is 3. The lowest BCUT2D eigenvalue weighted by Crippen LogP contribution is -2.27. The van der Waals surface area contributed by atoms with Crippen molar-refractivity contribution < 1.29 is 4.79 Å². The first-order valence-corrected chi connectivity index (χ1v) is 9.97. The van der Waals surface area contributed by atoms with E-state index in [0.29, 0.717) is 5.02 Å². The van der Waals surface area contributed by atoms with E-state index < -0.39 is 0 Å². The van der Waals surface area contributed by atoms with Crippen LogP contribution in [0.25, 0.3) is 6.08 Å². The van der Waals surface area contributed by atoms with Crippen LogP contribution in [0.4, 0.5) is 5.69 Å². The molecule has 3 aromatic carbocycles. The van der Waals surface area contributed by atoms with Crippen LogP contribution in [0.3, 0.4) is 0 Å². The van der Waals surface area contributed by atoms with Crippen LogP contribution < -0.4 is 4.90 Å². The summed E-state index contributed by atoms with van der Waals surface area (Å²) in [6, 6.07) is 25.8. The van der Waals surface area contributed by atoms with Gasteiger partial charge in [-0.25, -0.2) is 0 Å². The second-order valence-corrected chi connectivity index (χ2v) is 8.01. The molecule has 2 nitrogen and oxygen atoms in total. The number of carbonyl (C=O) groups excluding carboxylic acids is 1. The number of thioether (sulfide) groups is 1. The highest BCUT2D eigenvalue weighted by Crippen LogP contribution is 2.48. The summed E-state index contributed by atoms with van der Waals surface area (Å²) in [5, 5.41) is 0.603. The Morgan fingerprint density at radius 2 is 1.59 bits per heavy atom. The average molecular weight is 392 g/mol. The van der Waals surface area contributed by atoms with Crippen LogP contribution in [0, 0.1) is 6.92 Å². The molecule has 1 fully saturated rings. The monoisotopic (exact) mass is 391 g/mol. The van der Waals surface area contributed by atoms with E-state index in [1.165, 1.54) is 5.56 Å². The fourth-order valence-electron chi connectivity index (χ4n) is 3.05. The summed E-state index contributed by atoms with van der Waals surface area (Å²) >= 11 is 7.56. The van der Waals surface area contributed by atoms with Crippen molar-refractivity contribution in [1.82, 2.24) is 0 Å². The zero-order chi connectivity index (χ0) is 18.8. The van der Waals surface area contributed by atoms with Gasteiger partial charge in [-0.05, 0) is 48.4 Å². The van der Waals surface area contributed by atoms with Gasteiger partial charge in [0.25, 0.3) is 5.91 Å². The highest BCUT2D eigenvalue weighted by Gasteiger charge is 2.38. The van der Waals surface area contributed by atoms with E-state index in [-0.39, 0.29) is 11.3 Å². The maximum absolute atomic E-state index is 13.3. The molecule has 1 heterocycles. The number of nitrogens with zero attached hydrogens (tertiary/aromatic N) is 1. The Kier molecular flexibility index (Phi) is 5.06. The van der Waals surface area contributed by atoms with Crippen molar-refractivity contribution in [3.63, 3.8) is 0 Å². The number of rotatable bonds is 3. The summed E-state index contributed by atoms with van der Waals surface area (Å²) in [5.41, 5.74) is 4.15. The third-order valence-electron chi connectivity index (χ3n) is 4.47. The van der Waals surface area contributed by atoms with Gasteiger partial charge >= 0.3 is 0 Å². The van der Waals surface area contributed by atoms with Gasteiger partial charge < -0.3 is 0 Å². The lowest BCUT2D eigenvalue weighted by atomic mass is 10.1. The third kappa shape index (κ3) is 3.80. The van der Waals surface area contributed by atoms with Crippen molar-refractivity contribution in [2.75, 3.05) is 4.90 Å². The number of carbonyl (C=O) groups is 1. The minimum Gasteiger partial charge on any atom is -0.291 e. The number of amides is 1. The second kappa shape index (κ2) is 7.63. The topological polar surface area (TPSA) is 20.3 Å². The molecule has 0 aromatic heterocycles. The quantitative estimate of drug-likeness (QED) is 0.477. The van der Waals surface area contributed by atoms with Gasteiger partial charge in [0.15, 0.2) is 0 Å². The van der Waals surface area contributed by atoms with E-state index in [9.17, 15) is 4.79 Å². The molecule has 1 aliphatic rings. The van der Waals surface area contributed by atoms with Crippen molar-refractivity contribution in [1.29, 1.82) is 0 Å². The minimum atomic E-state index is -0.0834. The first-order valence-electron chi connectivity index (χ1n) is 8.71. The lowest BCUT2D eigenvalue weighted by molar-refractivity contribution is -0.114. The summed E-state index contributed by atoms with van der Waals surface area (Å²) in [4.78, 5) is 15.9. The van der Waals surface area contributed by atoms with Crippen molar-refractivity contribution in [3.8, 4) is 0 Å². The van der Waals surface area contributed by atoms with Crippen molar-refractivity contribution in [2.45, 2.75) is 12.3 Å². The van der Waals surface area contributed by atoms with Crippen LogP contribution in [-0.4, -0.2) is 5.91 Å². The van der Waals surface area contributed by atoms with Crippen LogP contribution in [0.2, 0.25) is 5.02 Å². The van der Waals surface area contributed by atoms with Crippen molar-refractivity contribution in [3.05, 3.63) is 105 Å². The number of hydrogen-bond acceptors (Lipinski definition) is 2. The molecule has 0 spiro atoms. The van der Waals surface area contributed by atoms with Crippen LogP contribution in [0.15, 0.2) is 83.8 Å². The van der Waals surface area contributed by atoms with Gasteiger partial charge in [0, 0.05) is 10.7 Å². The number of anilines is 1. The third-order valence-corrected chi connectivity index (χ3v) is 5.97. The summed E-state index contributed by atoms with van der Waals surface area (Å²) in [6.45, 7) is 2.05. The van der Waals surface area contributed by atoms with E-state index in [4.69, 9.17) is 11.6 Å². The van der Waals surface area contributed by atoms with Gasteiger partial charge in [0.1, 0.15) is 5.37 Å². The van der Waals surface area contributed by atoms with Crippen LogP contribution in [0.5, 0.6) is 0 Å². The zero-order valence-electron chi connectivity index (χ0n) is 14.8. The molecule has 1 aliphatic heterocycles. The molecule has 27 heavy (non-hydrogen) atoms. The number of hydrogen-bond donors (Lipinski definition) is 0. The molecule has 0 radical (unpaired) electrons. The predicted molar refractivity (Wildman–Crippen MR) is 115 cm³/mol. The average Bonchev–Trinajstić information content (AvgIpc) is 3.01. The maximum Gasteiger partial charge on any atom is 0.266 e. The normalized spacial score (nSPS) is 18.3. The second-order valence-electron chi connectivity index (χ2n) is 6.45.